The summed E-state index contributed by atoms with van der Waals surface area (Å²) in [4.78, 5) is 13.2. The summed E-state index contributed by atoms with van der Waals surface area (Å²) in [6.07, 6.45) is 2.19. The van der Waals surface area contributed by atoms with Crippen molar-refractivity contribution < 1.29 is 14.1 Å². The van der Waals surface area contributed by atoms with E-state index >= 15 is 0 Å². The van der Waals surface area contributed by atoms with Crippen LogP contribution in [-0.4, -0.2) is 18.2 Å². The number of nitrogens with zero attached hydrogens (tertiary/aromatic N) is 1. The van der Waals surface area contributed by atoms with Gasteiger partial charge >= 0.3 is 0 Å². The molecule has 1 aliphatic carbocycles. The SMILES string of the molecule is COc1ccc(C(NC(=O)c2c(-c3ccccc3Cl)noc2C)C2CC2)cc1. The number of carbonyl (C=O) groups is 1. The molecule has 0 radical (unpaired) electrons. The first kappa shape index (κ1) is 18.6. The third-order valence-corrected chi connectivity index (χ3v) is 5.40. The molecule has 6 heteroatoms. The lowest BCUT2D eigenvalue weighted by Gasteiger charge is -2.19. The van der Waals surface area contributed by atoms with Crippen molar-refractivity contribution >= 4 is 17.5 Å². The summed E-state index contributed by atoms with van der Waals surface area (Å²) in [5, 5.41) is 7.80. The van der Waals surface area contributed by atoms with Gasteiger partial charge in [0.25, 0.3) is 5.91 Å². The minimum absolute atomic E-state index is 0.0631. The molecular weight excluding hydrogens is 376 g/mol. The molecule has 144 valence electrons. The van der Waals surface area contributed by atoms with Crippen LogP contribution in [0.4, 0.5) is 0 Å². The molecule has 0 aliphatic heterocycles. The molecule has 5 nitrogen and oxygen atoms in total. The van der Waals surface area contributed by atoms with Crippen LogP contribution in [0.5, 0.6) is 5.75 Å². The number of benzene rings is 2. The lowest BCUT2D eigenvalue weighted by Crippen LogP contribution is -2.30. The highest BCUT2D eigenvalue weighted by molar-refractivity contribution is 6.33. The molecule has 1 saturated carbocycles. The van der Waals surface area contributed by atoms with Gasteiger partial charge in [-0.2, -0.15) is 0 Å². The van der Waals surface area contributed by atoms with Crippen LogP contribution in [0.25, 0.3) is 11.3 Å². The fraction of sp³-hybridized carbons (Fsp3) is 0.273. The molecule has 0 bridgehead atoms. The lowest BCUT2D eigenvalue weighted by atomic mass is 10.0. The predicted molar refractivity (Wildman–Crippen MR) is 108 cm³/mol. The highest BCUT2D eigenvalue weighted by atomic mass is 35.5. The second kappa shape index (κ2) is 7.68. The Hall–Kier alpha value is -2.79. The van der Waals surface area contributed by atoms with Crippen LogP contribution in [0.3, 0.4) is 0 Å². The highest BCUT2D eigenvalue weighted by Gasteiger charge is 2.35. The predicted octanol–water partition coefficient (Wildman–Crippen LogP) is 5.19. The maximum absolute atomic E-state index is 13.2. The van der Waals surface area contributed by atoms with Gasteiger partial charge in [0.2, 0.25) is 0 Å². The van der Waals surface area contributed by atoms with E-state index in [0.717, 1.165) is 24.2 Å². The first-order valence-electron chi connectivity index (χ1n) is 9.24. The van der Waals surface area contributed by atoms with Crippen LogP contribution in [0.2, 0.25) is 5.02 Å². The second-order valence-corrected chi connectivity index (χ2v) is 7.41. The number of rotatable bonds is 6. The zero-order chi connectivity index (χ0) is 19.7. The zero-order valence-corrected chi connectivity index (χ0v) is 16.5. The third-order valence-electron chi connectivity index (χ3n) is 5.07. The summed E-state index contributed by atoms with van der Waals surface area (Å²) in [6, 6.07) is 15.1. The van der Waals surface area contributed by atoms with E-state index in [1.807, 2.05) is 42.5 Å². The molecule has 3 aromatic rings. The van der Waals surface area contributed by atoms with E-state index in [9.17, 15) is 4.79 Å². The van der Waals surface area contributed by atoms with Gasteiger partial charge in [0, 0.05) is 5.56 Å². The van der Waals surface area contributed by atoms with E-state index in [-0.39, 0.29) is 11.9 Å². The van der Waals surface area contributed by atoms with Gasteiger partial charge in [-0.3, -0.25) is 4.79 Å². The van der Waals surface area contributed by atoms with Crippen molar-refractivity contribution in [1.82, 2.24) is 10.5 Å². The average Bonchev–Trinajstić information content (AvgIpc) is 3.48. The number of nitrogens with one attached hydrogen (secondary N) is 1. The van der Waals surface area contributed by atoms with Crippen molar-refractivity contribution in [3.8, 4) is 17.0 Å². The number of hydrogen-bond acceptors (Lipinski definition) is 4. The van der Waals surface area contributed by atoms with Gasteiger partial charge in [-0.1, -0.05) is 47.1 Å². The van der Waals surface area contributed by atoms with E-state index in [4.69, 9.17) is 20.9 Å². The Labute approximate surface area is 168 Å². The second-order valence-electron chi connectivity index (χ2n) is 7.00. The first-order chi connectivity index (χ1) is 13.6. The van der Waals surface area contributed by atoms with E-state index < -0.39 is 0 Å². The molecular formula is C22H21ClN2O3. The largest absolute Gasteiger partial charge is 0.497 e. The fourth-order valence-corrected chi connectivity index (χ4v) is 3.63. The van der Waals surface area contributed by atoms with Crippen LogP contribution >= 0.6 is 11.6 Å². The quantitative estimate of drug-likeness (QED) is 0.622. The maximum atomic E-state index is 13.2. The van der Waals surface area contributed by atoms with Crippen LogP contribution in [0.15, 0.2) is 53.1 Å². The Balaban J connectivity index is 1.64. The fourth-order valence-electron chi connectivity index (χ4n) is 3.40. The monoisotopic (exact) mass is 396 g/mol. The van der Waals surface area contributed by atoms with E-state index in [1.54, 1.807) is 20.1 Å². The molecule has 2 aromatic carbocycles. The van der Waals surface area contributed by atoms with Crippen molar-refractivity contribution in [3.05, 3.63) is 70.4 Å². The van der Waals surface area contributed by atoms with Crippen LogP contribution in [-0.2, 0) is 0 Å². The van der Waals surface area contributed by atoms with Gasteiger partial charge in [0.15, 0.2) is 0 Å². The van der Waals surface area contributed by atoms with Crippen LogP contribution in [0, 0.1) is 12.8 Å². The van der Waals surface area contributed by atoms with Gasteiger partial charge in [-0.15, -0.1) is 0 Å². The average molecular weight is 397 g/mol. The van der Waals surface area contributed by atoms with Gasteiger partial charge in [-0.05, 0) is 49.4 Å². The van der Waals surface area contributed by atoms with Gasteiger partial charge in [0.1, 0.15) is 22.8 Å². The molecule has 1 fully saturated rings. The molecule has 1 unspecified atom stereocenters. The molecule has 0 saturated heterocycles. The zero-order valence-electron chi connectivity index (χ0n) is 15.7. The molecule has 1 aromatic heterocycles. The summed E-state index contributed by atoms with van der Waals surface area (Å²) in [5.74, 6) is 1.49. The van der Waals surface area contributed by atoms with Crippen LogP contribution in [0.1, 0.15) is 40.6 Å². The van der Waals surface area contributed by atoms with Crippen molar-refractivity contribution in [2.45, 2.75) is 25.8 Å². The number of halogens is 1. The minimum Gasteiger partial charge on any atom is -0.497 e. The van der Waals surface area contributed by atoms with Crippen LogP contribution < -0.4 is 10.1 Å². The van der Waals surface area contributed by atoms with Crippen molar-refractivity contribution in [1.29, 1.82) is 0 Å². The number of aromatic nitrogens is 1. The van der Waals surface area contributed by atoms with Gasteiger partial charge < -0.3 is 14.6 Å². The third kappa shape index (κ3) is 3.62. The highest BCUT2D eigenvalue weighted by Crippen LogP contribution is 2.42. The Morgan fingerprint density at radius 1 is 1.21 bits per heavy atom. The Kier molecular flexibility index (Phi) is 5.09. The number of ether oxygens (including phenoxy) is 1. The Morgan fingerprint density at radius 3 is 2.57 bits per heavy atom. The molecule has 0 spiro atoms. The number of aryl methyl sites for hydroxylation is 1. The molecule has 1 aliphatic rings. The lowest BCUT2D eigenvalue weighted by molar-refractivity contribution is 0.0930. The number of carbonyl (C=O) groups excluding carboxylic acids is 1. The number of methoxy groups -OCH3 is 1. The summed E-state index contributed by atoms with van der Waals surface area (Å²) in [6.45, 7) is 1.74. The smallest absolute Gasteiger partial charge is 0.257 e. The van der Waals surface area contributed by atoms with E-state index in [2.05, 4.69) is 10.5 Å². The standard InChI is InChI=1S/C22H21ClN2O3/c1-13-19(21(25-28-13)17-5-3-4-6-18(17)23)22(26)24-20(14-7-8-14)15-9-11-16(27-2)12-10-15/h3-6,9-12,14,20H,7-8H2,1-2H3,(H,24,26). The molecule has 1 heterocycles. The normalized spacial score (nSPS) is 14.5. The van der Waals surface area contributed by atoms with Gasteiger partial charge in [0.05, 0.1) is 18.2 Å². The molecule has 1 N–H and O–H groups in total. The van der Waals surface area contributed by atoms with Crippen molar-refractivity contribution in [2.75, 3.05) is 7.11 Å². The molecule has 28 heavy (non-hydrogen) atoms. The Bertz CT molecular complexity index is 993. The summed E-state index contributed by atoms with van der Waals surface area (Å²) < 4.78 is 10.6. The maximum Gasteiger partial charge on any atom is 0.257 e. The van der Waals surface area contributed by atoms with E-state index in [1.165, 1.54) is 0 Å². The van der Waals surface area contributed by atoms with E-state index in [0.29, 0.717) is 33.5 Å². The topological polar surface area (TPSA) is 64.4 Å². The number of amides is 1. The summed E-state index contributed by atoms with van der Waals surface area (Å²) in [7, 11) is 1.64. The van der Waals surface area contributed by atoms with Gasteiger partial charge in [-0.25, -0.2) is 0 Å². The summed E-state index contributed by atoms with van der Waals surface area (Å²) in [5.41, 5.74) is 2.63. The number of hydrogen-bond donors (Lipinski definition) is 1. The molecule has 1 amide bonds. The first-order valence-corrected chi connectivity index (χ1v) is 9.62. The Morgan fingerprint density at radius 2 is 1.93 bits per heavy atom. The van der Waals surface area contributed by atoms with Crippen molar-refractivity contribution in [2.24, 2.45) is 5.92 Å². The molecule has 1 atom stereocenters. The minimum atomic E-state index is -0.207. The molecule has 4 rings (SSSR count). The summed E-state index contributed by atoms with van der Waals surface area (Å²) >= 11 is 6.31. The van der Waals surface area contributed by atoms with Crippen molar-refractivity contribution in [3.63, 3.8) is 0 Å².